The number of oxime groups is 1. The Morgan fingerprint density at radius 3 is 1.83 bits per heavy atom. The van der Waals surface area contributed by atoms with E-state index < -0.39 is 5.97 Å². The molecule has 116 valence electrons. The van der Waals surface area contributed by atoms with Crippen molar-refractivity contribution in [2.45, 2.75) is 0 Å². The van der Waals surface area contributed by atoms with E-state index in [-0.39, 0.29) is 0 Å². The molecule has 3 aromatic rings. The standard InChI is InChI=1S/C20H12ClNO2/c21-18-12-6-5-11-17(18)20(23)24-22-19-15-9-3-1-7-13(15)14-8-2-4-10-16(14)19/h1-12H. The molecule has 0 radical (unpaired) electrons. The number of halogens is 1. The van der Waals surface area contributed by atoms with Crippen molar-refractivity contribution in [2.24, 2.45) is 5.16 Å². The third-order valence-electron chi connectivity index (χ3n) is 3.97. The Balaban J connectivity index is 1.73. The minimum atomic E-state index is -0.574. The number of benzene rings is 3. The van der Waals surface area contributed by atoms with Gasteiger partial charge in [0.1, 0.15) is 5.71 Å². The first-order valence-corrected chi connectivity index (χ1v) is 7.86. The zero-order chi connectivity index (χ0) is 16.5. The quantitative estimate of drug-likeness (QED) is 0.385. The van der Waals surface area contributed by atoms with Gasteiger partial charge in [0, 0.05) is 11.1 Å². The van der Waals surface area contributed by atoms with Crippen LogP contribution in [-0.4, -0.2) is 11.7 Å². The van der Waals surface area contributed by atoms with E-state index in [1.165, 1.54) is 0 Å². The van der Waals surface area contributed by atoms with Crippen molar-refractivity contribution >= 4 is 23.3 Å². The van der Waals surface area contributed by atoms with Crippen LogP contribution in [0.15, 0.2) is 78.0 Å². The fourth-order valence-corrected chi connectivity index (χ4v) is 3.07. The second-order valence-electron chi connectivity index (χ2n) is 5.39. The highest BCUT2D eigenvalue weighted by molar-refractivity contribution is 6.33. The summed E-state index contributed by atoms with van der Waals surface area (Å²) in [6.45, 7) is 0. The zero-order valence-corrected chi connectivity index (χ0v) is 13.3. The predicted molar refractivity (Wildman–Crippen MR) is 94.4 cm³/mol. The molecule has 3 aromatic carbocycles. The van der Waals surface area contributed by atoms with E-state index in [9.17, 15) is 4.79 Å². The Kier molecular flexibility index (Phi) is 3.63. The van der Waals surface area contributed by atoms with Crippen LogP contribution in [0.3, 0.4) is 0 Å². The lowest BCUT2D eigenvalue weighted by atomic mass is 10.1. The van der Waals surface area contributed by atoms with E-state index in [2.05, 4.69) is 5.16 Å². The van der Waals surface area contributed by atoms with Crippen molar-refractivity contribution in [3.05, 3.63) is 94.5 Å². The van der Waals surface area contributed by atoms with Gasteiger partial charge in [0.05, 0.1) is 10.6 Å². The number of nitrogens with zero attached hydrogens (tertiary/aromatic N) is 1. The van der Waals surface area contributed by atoms with Gasteiger partial charge in [-0.3, -0.25) is 0 Å². The highest BCUT2D eigenvalue weighted by atomic mass is 35.5. The molecule has 0 aliphatic heterocycles. The van der Waals surface area contributed by atoms with Gasteiger partial charge in [-0.15, -0.1) is 0 Å². The molecule has 0 atom stereocenters. The minimum absolute atomic E-state index is 0.295. The monoisotopic (exact) mass is 333 g/mol. The summed E-state index contributed by atoms with van der Waals surface area (Å²) in [6.07, 6.45) is 0. The fourth-order valence-electron chi connectivity index (χ4n) is 2.86. The molecule has 0 N–H and O–H groups in total. The molecule has 24 heavy (non-hydrogen) atoms. The lowest BCUT2D eigenvalue weighted by Gasteiger charge is -2.03. The maximum atomic E-state index is 12.2. The van der Waals surface area contributed by atoms with E-state index in [1.54, 1.807) is 24.3 Å². The summed E-state index contributed by atoms with van der Waals surface area (Å²) in [4.78, 5) is 17.4. The van der Waals surface area contributed by atoms with Crippen LogP contribution >= 0.6 is 11.6 Å². The van der Waals surface area contributed by atoms with Crippen LogP contribution < -0.4 is 0 Å². The van der Waals surface area contributed by atoms with Crippen LogP contribution in [0.5, 0.6) is 0 Å². The molecule has 1 aliphatic carbocycles. The number of rotatable bonds is 2. The summed E-state index contributed by atoms with van der Waals surface area (Å²) in [7, 11) is 0. The Morgan fingerprint density at radius 1 is 0.750 bits per heavy atom. The van der Waals surface area contributed by atoms with Gasteiger partial charge in [-0.2, -0.15) is 0 Å². The van der Waals surface area contributed by atoms with Gasteiger partial charge in [0.15, 0.2) is 0 Å². The summed E-state index contributed by atoms with van der Waals surface area (Å²) in [6, 6.07) is 22.6. The van der Waals surface area contributed by atoms with Crippen molar-refractivity contribution in [1.82, 2.24) is 0 Å². The Hall–Kier alpha value is -2.91. The highest BCUT2D eigenvalue weighted by Crippen LogP contribution is 2.36. The smallest absolute Gasteiger partial charge is 0.312 e. The van der Waals surface area contributed by atoms with Gasteiger partial charge in [0.25, 0.3) is 0 Å². The number of hydrogen-bond acceptors (Lipinski definition) is 3. The highest BCUT2D eigenvalue weighted by Gasteiger charge is 2.25. The fraction of sp³-hybridized carbons (Fsp3) is 0. The first-order valence-electron chi connectivity index (χ1n) is 7.49. The lowest BCUT2D eigenvalue weighted by Crippen LogP contribution is -2.06. The molecule has 0 bridgehead atoms. The minimum Gasteiger partial charge on any atom is -0.312 e. The van der Waals surface area contributed by atoms with E-state index >= 15 is 0 Å². The largest absolute Gasteiger partial charge is 0.367 e. The van der Waals surface area contributed by atoms with Crippen molar-refractivity contribution < 1.29 is 9.63 Å². The van der Waals surface area contributed by atoms with Crippen LogP contribution in [0.4, 0.5) is 0 Å². The summed E-state index contributed by atoms with van der Waals surface area (Å²) >= 11 is 6.03. The van der Waals surface area contributed by atoms with E-state index in [0.717, 1.165) is 22.3 Å². The molecule has 0 fully saturated rings. The first kappa shape index (κ1) is 14.7. The van der Waals surface area contributed by atoms with Gasteiger partial charge < -0.3 is 4.84 Å². The summed E-state index contributed by atoms with van der Waals surface area (Å²) < 4.78 is 0. The molecule has 0 heterocycles. The molecule has 0 spiro atoms. The summed E-state index contributed by atoms with van der Waals surface area (Å²) in [5, 5.41) is 4.47. The van der Waals surface area contributed by atoms with Gasteiger partial charge in [-0.1, -0.05) is 77.4 Å². The van der Waals surface area contributed by atoms with Gasteiger partial charge in [-0.25, -0.2) is 4.79 Å². The molecule has 0 amide bonds. The van der Waals surface area contributed by atoms with E-state index in [1.807, 2.05) is 48.5 Å². The molecular formula is C20H12ClNO2. The summed E-state index contributed by atoms with van der Waals surface area (Å²) in [5.74, 6) is -0.574. The second kappa shape index (κ2) is 5.95. The molecule has 4 heteroatoms. The summed E-state index contributed by atoms with van der Waals surface area (Å²) in [5.41, 5.74) is 5.02. The van der Waals surface area contributed by atoms with E-state index in [4.69, 9.17) is 16.4 Å². The van der Waals surface area contributed by atoms with E-state index in [0.29, 0.717) is 16.3 Å². The first-order chi connectivity index (χ1) is 11.8. The van der Waals surface area contributed by atoms with Crippen molar-refractivity contribution in [3.63, 3.8) is 0 Å². The molecular weight excluding hydrogens is 322 g/mol. The molecule has 1 aliphatic rings. The average Bonchev–Trinajstić information content (AvgIpc) is 2.94. The maximum Gasteiger partial charge on any atom is 0.367 e. The van der Waals surface area contributed by atoms with Gasteiger partial charge >= 0.3 is 5.97 Å². The van der Waals surface area contributed by atoms with Crippen LogP contribution in [0, 0.1) is 0 Å². The number of carbonyl (C=O) groups is 1. The molecule has 4 rings (SSSR count). The van der Waals surface area contributed by atoms with Crippen LogP contribution in [-0.2, 0) is 4.84 Å². The molecule has 0 unspecified atom stereocenters. The topological polar surface area (TPSA) is 38.7 Å². The number of fused-ring (bicyclic) bond motifs is 3. The Bertz CT molecular complexity index is 931. The molecule has 0 saturated carbocycles. The molecule has 0 saturated heterocycles. The predicted octanol–water partition coefficient (Wildman–Crippen LogP) is 4.93. The van der Waals surface area contributed by atoms with Crippen molar-refractivity contribution in [2.75, 3.05) is 0 Å². The van der Waals surface area contributed by atoms with Gasteiger partial charge in [0.2, 0.25) is 0 Å². The van der Waals surface area contributed by atoms with Crippen LogP contribution in [0.1, 0.15) is 21.5 Å². The zero-order valence-electron chi connectivity index (χ0n) is 12.6. The molecule has 3 nitrogen and oxygen atoms in total. The number of hydrogen-bond donors (Lipinski definition) is 0. The average molecular weight is 334 g/mol. The Labute approximate surface area is 144 Å². The molecule has 0 aromatic heterocycles. The maximum absolute atomic E-state index is 12.2. The van der Waals surface area contributed by atoms with Crippen LogP contribution in [0.25, 0.3) is 11.1 Å². The lowest BCUT2D eigenvalue weighted by molar-refractivity contribution is 0.0517. The van der Waals surface area contributed by atoms with Crippen molar-refractivity contribution in [3.8, 4) is 11.1 Å². The van der Waals surface area contributed by atoms with Crippen LogP contribution in [0.2, 0.25) is 5.02 Å². The number of carbonyl (C=O) groups excluding carboxylic acids is 1. The third kappa shape index (κ3) is 2.39. The normalized spacial score (nSPS) is 11.6. The van der Waals surface area contributed by atoms with Gasteiger partial charge in [-0.05, 0) is 23.3 Å². The van der Waals surface area contributed by atoms with Crippen molar-refractivity contribution in [1.29, 1.82) is 0 Å². The third-order valence-corrected chi connectivity index (χ3v) is 4.30. The Morgan fingerprint density at radius 2 is 1.25 bits per heavy atom. The SMILES string of the molecule is O=C(ON=C1c2ccccc2-c2ccccc21)c1ccccc1Cl. The second-order valence-corrected chi connectivity index (χ2v) is 5.80.